The summed E-state index contributed by atoms with van der Waals surface area (Å²) in [5.41, 5.74) is -0.326. The van der Waals surface area contributed by atoms with Crippen molar-refractivity contribution in [2.45, 2.75) is 4.90 Å². The van der Waals surface area contributed by atoms with Crippen LogP contribution in [0, 0.1) is 18.2 Å². The predicted octanol–water partition coefficient (Wildman–Crippen LogP) is 0.435. The molecule has 0 heterocycles. The molecular weight excluding hydrogens is 249 g/mol. The Kier molecular flexibility index (Phi) is 3.83. The highest BCUT2D eigenvalue weighted by molar-refractivity contribution is 7.89. The van der Waals surface area contributed by atoms with Crippen molar-refractivity contribution in [1.29, 1.82) is 0 Å². The molecule has 0 aliphatic carbocycles. The zero-order chi connectivity index (χ0) is 13.1. The first-order valence-electron chi connectivity index (χ1n) is 4.34. The van der Waals surface area contributed by atoms with Gasteiger partial charge in [0.25, 0.3) is 0 Å². The van der Waals surface area contributed by atoms with E-state index in [2.05, 4.69) is 0 Å². The average molecular weight is 257 g/mol. The van der Waals surface area contributed by atoms with Gasteiger partial charge in [0.1, 0.15) is 10.7 Å². The van der Waals surface area contributed by atoms with Crippen LogP contribution in [0.15, 0.2) is 23.1 Å². The Bertz CT molecular complexity index is 589. The van der Waals surface area contributed by atoms with Crippen LogP contribution in [-0.2, 0) is 10.0 Å². The van der Waals surface area contributed by atoms with Gasteiger partial charge in [0, 0.05) is 0 Å². The number of carboxylic acids is 1. The van der Waals surface area contributed by atoms with Crippen LogP contribution in [0.3, 0.4) is 0 Å². The molecule has 0 fully saturated rings. The normalized spacial score (nSPS) is 10.8. The molecule has 1 rings (SSSR count). The van der Waals surface area contributed by atoms with Gasteiger partial charge in [-0.1, -0.05) is 5.92 Å². The third kappa shape index (κ3) is 3.03. The summed E-state index contributed by atoms with van der Waals surface area (Å²) in [7, 11) is -4.14. The molecule has 0 bridgehead atoms. The van der Waals surface area contributed by atoms with Crippen molar-refractivity contribution < 1.29 is 22.7 Å². The molecule has 0 aliphatic rings. The fourth-order valence-corrected chi connectivity index (χ4v) is 2.09. The molecule has 0 aliphatic heterocycles. The maximum atomic E-state index is 13.3. The third-order valence-electron chi connectivity index (χ3n) is 1.83. The quantitative estimate of drug-likeness (QED) is 0.766. The van der Waals surface area contributed by atoms with Crippen molar-refractivity contribution in [3.63, 3.8) is 0 Å². The van der Waals surface area contributed by atoms with Gasteiger partial charge in [-0.05, 0) is 18.2 Å². The van der Waals surface area contributed by atoms with Crippen molar-refractivity contribution in [1.82, 2.24) is 4.72 Å². The number of halogens is 1. The minimum Gasteiger partial charge on any atom is -0.478 e. The van der Waals surface area contributed by atoms with E-state index in [9.17, 15) is 17.6 Å². The van der Waals surface area contributed by atoms with Gasteiger partial charge in [0.05, 0.1) is 12.1 Å². The first-order valence-corrected chi connectivity index (χ1v) is 5.83. The van der Waals surface area contributed by atoms with Gasteiger partial charge in [-0.2, -0.15) is 4.72 Å². The summed E-state index contributed by atoms with van der Waals surface area (Å²) >= 11 is 0. The predicted molar refractivity (Wildman–Crippen MR) is 57.4 cm³/mol. The van der Waals surface area contributed by atoms with Crippen LogP contribution in [0.5, 0.6) is 0 Å². The van der Waals surface area contributed by atoms with E-state index in [1.165, 1.54) is 0 Å². The molecule has 0 amide bonds. The third-order valence-corrected chi connectivity index (χ3v) is 3.25. The van der Waals surface area contributed by atoms with Crippen molar-refractivity contribution in [3.05, 3.63) is 29.6 Å². The van der Waals surface area contributed by atoms with E-state index in [-0.39, 0.29) is 12.1 Å². The number of rotatable bonds is 4. The summed E-state index contributed by atoms with van der Waals surface area (Å²) in [6, 6.07) is 2.47. The van der Waals surface area contributed by atoms with E-state index in [0.717, 1.165) is 18.2 Å². The molecule has 0 aromatic heterocycles. The number of hydrogen-bond donors (Lipinski definition) is 2. The SMILES string of the molecule is C#CCNS(=O)(=O)c1cc(C(=O)O)ccc1F. The maximum absolute atomic E-state index is 13.3. The minimum atomic E-state index is -4.14. The standard InChI is InChI=1S/C10H8FNO4S/c1-2-5-12-17(15,16)9-6-7(10(13)14)3-4-8(9)11/h1,3-4,6,12H,5H2,(H,13,14). The first kappa shape index (κ1) is 13.2. The second kappa shape index (κ2) is 4.95. The van der Waals surface area contributed by atoms with E-state index < -0.39 is 26.7 Å². The lowest BCUT2D eigenvalue weighted by Gasteiger charge is -2.06. The molecule has 1 aromatic rings. The van der Waals surface area contributed by atoms with E-state index >= 15 is 0 Å². The molecule has 0 radical (unpaired) electrons. The number of nitrogens with one attached hydrogen (secondary N) is 1. The number of carbonyl (C=O) groups is 1. The summed E-state index contributed by atoms with van der Waals surface area (Å²) < 4.78 is 38.3. The maximum Gasteiger partial charge on any atom is 0.335 e. The van der Waals surface area contributed by atoms with E-state index in [0.29, 0.717) is 0 Å². The Hall–Kier alpha value is -1.91. The fourth-order valence-electron chi connectivity index (χ4n) is 1.06. The van der Waals surface area contributed by atoms with Crippen LogP contribution in [-0.4, -0.2) is 26.0 Å². The smallest absolute Gasteiger partial charge is 0.335 e. The summed E-state index contributed by atoms with van der Waals surface area (Å²) in [5, 5.41) is 8.67. The average Bonchev–Trinajstić information content (AvgIpc) is 2.26. The molecule has 0 spiro atoms. The van der Waals surface area contributed by atoms with Gasteiger partial charge in [-0.15, -0.1) is 6.42 Å². The lowest BCUT2D eigenvalue weighted by atomic mass is 10.2. The van der Waals surface area contributed by atoms with Crippen LogP contribution in [0.25, 0.3) is 0 Å². The molecular formula is C10H8FNO4S. The Morgan fingerprint density at radius 1 is 1.53 bits per heavy atom. The zero-order valence-corrected chi connectivity index (χ0v) is 9.29. The number of terminal acetylenes is 1. The lowest BCUT2D eigenvalue weighted by molar-refractivity contribution is 0.0696. The topological polar surface area (TPSA) is 83.5 Å². The number of aromatic carboxylic acids is 1. The summed E-state index contributed by atoms with van der Waals surface area (Å²) in [6.07, 6.45) is 4.87. The van der Waals surface area contributed by atoms with Gasteiger partial charge in [-0.25, -0.2) is 17.6 Å². The van der Waals surface area contributed by atoms with E-state index in [1.54, 1.807) is 0 Å². The molecule has 0 atom stereocenters. The van der Waals surface area contributed by atoms with Crippen molar-refractivity contribution in [2.24, 2.45) is 0 Å². The molecule has 5 nitrogen and oxygen atoms in total. The van der Waals surface area contributed by atoms with Crippen LogP contribution < -0.4 is 4.72 Å². The van der Waals surface area contributed by atoms with Crippen LogP contribution in [0.1, 0.15) is 10.4 Å². The lowest BCUT2D eigenvalue weighted by Crippen LogP contribution is -2.25. The summed E-state index contributed by atoms with van der Waals surface area (Å²) in [4.78, 5) is 9.89. The van der Waals surface area contributed by atoms with Gasteiger partial charge >= 0.3 is 5.97 Å². The van der Waals surface area contributed by atoms with E-state index in [1.807, 2.05) is 10.6 Å². The molecule has 0 saturated carbocycles. The number of hydrogen-bond acceptors (Lipinski definition) is 3. The van der Waals surface area contributed by atoms with Crippen molar-refractivity contribution in [3.8, 4) is 12.3 Å². The highest BCUT2D eigenvalue weighted by Gasteiger charge is 2.20. The largest absolute Gasteiger partial charge is 0.478 e. The second-order valence-electron chi connectivity index (χ2n) is 2.98. The molecule has 2 N–H and O–H groups in total. The number of benzene rings is 1. The molecule has 1 aromatic carbocycles. The second-order valence-corrected chi connectivity index (χ2v) is 4.71. The Labute approximate surface area is 97.3 Å². The summed E-state index contributed by atoms with van der Waals surface area (Å²) in [6.45, 7) is -0.306. The van der Waals surface area contributed by atoms with Crippen LogP contribution in [0.2, 0.25) is 0 Å². The molecule has 0 unspecified atom stereocenters. The highest BCUT2D eigenvalue weighted by atomic mass is 32.2. The zero-order valence-electron chi connectivity index (χ0n) is 8.47. The Morgan fingerprint density at radius 2 is 2.18 bits per heavy atom. The molecule has 90 valence electrons. The Balaban J connectivity index is 3.26. The van der Waals surface area contributed by atoms with Gasteiger partial charge in [0.2, 0.25) is 10.0 Å². The highest BCUT2D eigenvalue weighted by Crippen LogP contribution is 2.16. The van der Waals surface area contributed by atoms with Gasteiger partial charge in [0.15, 0.2) is 0 Å². The monoisotopic (exact) mass is 257 g/mol. The van der Waals surface area contributed by atoms with E-state index in [4.69, 9.17) is 11.5 Å². The van der Waals surface area contributed by atoms with Gasteiger partial charge in [-0.3, -0.25) is 0 Å². The van der Waals surface area contributed by atoms with Crippen molar-refractivity contribution >= 4 is 16.0 Å². The Morgan fingerprint density at radius 3 is 2.71 bits per heavy atom. The van der Waals surface area contributed by atoms with Crippen LogP contribution >= 0.6 is 0 Å². The molecule has 17 heavy (non-hydrogen) atoms. The number of sulfonamides is 1. The van der Waals surface area contributed by atoms with Gasteiger partial charge < -0.3 is 5.11 Å². The van der Waals surface area contributed by atoms with Crippen LogP contribution in [0.4, 0.5) is 4.39 Å². The van der Waals surface area contributed by atoms with Crippen molar-refractivity contribution in [2.75, 3.05) is 6.54 Å². The summed E-state index contributed by atoms with van der Waals surface area (Å²) in [5.74, 6) is -0.369. The number of carboxylic acid groups (broad SMARTS) is 1. The molecule has 7 heteroatoms. The molecule has 0 saturated heterocycles. The first-order chi connectivity index (χ1) is 7.88. The fraction of sp³-hybridized carbons (Fsp3) is 0.100. The minimum absolute atomic E-state index is 0.306.